The molecule has 0 bridgehead atoms. The fourth-order valence-corrected chi connectivity index (χ4v) is 5.49. The Kier molecular flexibility index (Phi) is 6.46. The van der Waals surface area contributed by atoms with E-state index in [1.807, 2.05) is 6.26 Å². The smallest absolute Gasteiger partial charge is 0.324 e. The van der Waals surface area contributed by atoms with Gasteiger partial charge in [0, 0.05) is 17.7 Å². The fraction of sp³-hybridized carbons (Fsp3) is 0.375. The molecule has 0 unspecified atom stereocenters. The van der Waals surface area contributed by atoms with Gasteiger partial charge in [-0.1, -0.05) is 6.07 Å². The van der Waals surface area contributed by atoms with Crippen LogP contribution in [0.4, 0.5) is 5.69 Å². The molecule has 0 radical (unpaired) electrons. The zero-order valence-corrected chi connectivity index (χ0v) is 19.8. The molecule has 180 valence electrons. The summed E-state index contributed by atoms with van der Waals surface area (Å²) in [6.45, 7) is 0. The zero-order chi connectivity index (χ0) is 24.6. The highest BCUT2D eigenvalue weighted by Gasteiger charge is 2.68. The Labute approximate surface area is 201 Å². The number of carboxylic acids is 1. The minimum absolute atomic E-state index is 0.132. The zero-order valence-electron chi connectivity index (χ0n) is 19.0. The van der Waals surface area contributed by atoms with Gasteiger partial charge in [0.2, 0.25) is 11.8 Å². The van der Waals surface area contributed by atoms with Gasteiger partial charge in [-0.05, 0) is 48.8 Å². The van der Waals surface area contributed by atoms with Crippen LogP contribution < -0.4 is 19.7 Å². The molecule has 34 heavy (non-hydrogen) atoms. The van der Waals surface area contributed by atoms with E-state index in [9.17, 15) is 24.6 Å². The van der Waals surface area contributed by atoms with Crippen LogP contribution in [-0.4, -0.2) is 59.8 Å². The molecular weight excluding hydrogens is 460 g/mol. The molecule has 0 saturated carbocycles. The topological polar surface area (TPSA) is 125 Å². The number of carboxylic acid groups (broad SMARTS) is 1. The molecule has 3 N–H and O–H groups in total. The standard InChI is InChI=1S/C24H26N2O7S/c1-32-14-6-4-13(5-7-14)26-21(28)18-19(22(26)29)24(23(30)31,10-11-34-3)25-20(18)16-9-8-15(33-2)12-17(16)27/h4-9,12,18-20,25,27H,10-11H2,1-3H3,(H,30,31)/t18-,19-,20+,24+/m0/s1. The van der Waals surface area contributed by atoms with E-state index in [1.54, 1.807) is 36.4 Å². The molecule has 0 aliphatic carbocycles. The van der Waals surface area contributed by atoms with Crippen molar-refractivity contribution < 1.29 is 34.1 Å². The molecule has 2 fully saturated rings. The predicted octanol–water partition coefficient (Wildman–Crippen LogP) is 2.44. The summed E-state index contributed by atoms with van der Waals surface area (Å²) in [6, 6.07) is 10.2. The SMILES string of the molecule is COc1ccc(N2C(=O)[C@@H]3[C@@H](c4ccc(OC)cc4O)N[C@@](CCSC)(C(=O)O)[C@@H]3C2=O)cc1. The molecule has 0 spiro atoms. The number of phenolic OH excluding ortho intramolecular Hbond substituents is 1. The van der Waals surface area contributed by atoms with Crippen LogP contribution in [0.25, 0.3) is 0 Å². The van der Waals surface area contributed by atoms with E-state index in [0.717, 1.165) is 4.90 Å². The van der Waals surface area contributed by atoms with Crippen LogP contribution >= 0.6 is 11.8 Å². The Hall–Kier alpha value is -3.24. The van der Waals surface area contributed by atoms with Crippen molar-refractivity contribution in [3.05, 3.63) is 48.0 Å². The maximum absolute atomic E-state index is 13.7. The van der Waals surface area contributed by atoms with E-state index >= 15 is 0 Å². The minimum atomic E-state index is -1.67. The summed E-state index contributed by atoms with van der Waals surface area (Å²) < 4.78 is 10.3. The molecule has 4 atom stereocenters. The first-order chi connectivity index (χ1) is 16.3. The lowest BCUT2D eigenvalue weighted by Crippen LogP contribution is -2.56. The van der Waals surface area contributed by atoms with Crippen LogP contribution in [-0.2, 0) is 14.4 Å². The number of hydrogen-bond donors (Lipinski definition) is 3. The molecule has 4 rings (SSSR count). The number of nitrogens with zero attached hydrogens (tertiary/aromatic N) is 1. The molecular formula is C24H26N2O7S. The molecule has 2 heterocycles. The number of phenols is 1. The fourth-order valence-electron chi connectivity index (χ4n) is 4.97. The number of thioether (sulfide) groups is 1. The van der Waals surface area contributed by atoms with Crippen LogP contribution in [0, 0.1) is 11.8 Å². The Bertz CT molecular complexity index is 1120. The van der Waals surface area contributed by atoms with Crippen LogP contribution in [0.5, 0.6) is 17.2 Å². The number of imide groups is 1. The molecule has 2 aromatic rings. The highest BCUT2D eigenvalue weighted by atomic mass is 32.2. The van der Waals surface area contributed by atoms with E-state index in [0.29, 0.717) is 28.5 Å². The number of hydrogen-bond acceptors (Lipinski definition) is 8. The third-order valence-corrected chi connectivity index (χ3v) is 7.25. The lowest BCUT2D eigenvalue weighted by molar-refractivity contribution is -0.148. The van der Waals surface area contributed by atoms with Crippen LogP contribution in [0.3, 0.4) is 0 Å². The normalized spacial score (nSPS) is 26.0. The summed E-state index contributed by atoms with van der Waals surface area (Å²) in [5, 5.41) is 24.1. The number of carbonyl (C=O) groups excluding carboxylic acids is 2. The van der Waals surface area contributed by atoms with E-state index < -0.39 is 41.2 Å². The molecule has 0 aromatic heterocycles. The lowest BCUT2D eigenvalue weighted by atomic mass is 9.78. The molecule has 2 saturated heterocycles. The number of anilines is 1. The number of methoxy groups -OCH3 is 2. The van der Waals surface area contributed by atoms with E-state index in [4.69, 9.17) is 9.47 Å². The van der Waals surface area contributed by atoms with Crippen molar-refractivity contribution in [2.75, 3.05) is 31.1 Å². The van der Waals surface area contributed by atoms with E-state index in [-0.39, 0.29) is 12.2 Å². The lowest BCUT2D eigenvalue weighted by Gasteiger charge is -2.31. The van der Waals surface area contributed by atoms with Gasteiger partial charge in [-0.25, -0.2) is 4.90 Å². The molecule has 10 heteroatoms. The first-order valence-electron chi connectivity index (χ1n) is 10.7. The van der Waals surface area contributed by atoms with Crippen molar-refractivity contribution in [1.82, 2.24) is 5.32 Å². The van der Waals surface area contributed by atoms with Crippen molar-refractivity contribution in [3.63, 3.8) is 0 Å². The van der Waals surface area contributed by atoms with Crippen LogP contribution in [0.15, 0.2) is 42.5 Å². The van der Waals surface area contributed by atoms with Gasteiger partial charge in [0.15, 0.2) is 0 Å². The van der Waals surface area contributed by atoms with Gasteiger partial charge in [0.05, 0.1) is 31.7 Å². The van der Waals surface area contributed by atoms with Crippen LogP contribution in [0.2, 0.25) is 0 Å². The second kappa shape index (κ2) is 9.19. The molecule has 2 aromatic carbocycles. The van der Waals surface area contributed by atoms with Gasteiger partial charge in [0.25, 0.3) is 0 Å². The maximum Gasteiger partial charge on any atom is 0.324 e. The maximum atomic E-state index is 13.7. The number of carbonyl (C=O) groups is 3. The summed E-state index contributed by atoms with van der Waals surface area (Å²) in [7, 11) is 2.97. The average Bonchev–Trinajstić information content (AvgIpc) is 3.31. The first kappa shape index (κ1) is 23.9. The minimum Gasteiger partial charge on any atom is -0.507 e. The quantitative estimate of drug-likeness (QED) is 0.482. The number of fused-ring (bicyclic) bond motifs is 1. The number of aliphatic carboxylic acids is 1. The number of amides is 2. The Balaban J connectivity index is 1.84. The van der Waals surface area contributed by atoms with Gasteiger partial charge in [-0.15, -0.1) is 0 Å². The van der Waals surface area contributed by atoms with E-state index in [2.05, 4.69) is 5.32 Å². The summed E-state index contributed by atoms with van der Waals surface area (Å²) >= 11 is 1.45. The van der Waals surface area contributed by atoms with Gasteiger partial charge in [0.1, 0.15) is 22.8 Å². The van der Waals surface area contributed by atoms with Crippen molar-refractivity contribution >= 4 is 35.2 Å². The number of ether oxygens (including phenoxy) is 2. The second-order valence-corrected chi connectivity index (χ2v) is 9.27. The number of aromatic hydroxyl groups is 1. The Morgan fingerprint density at radius 2 is 1.74 bits per heavy atom. The summed E-state index contributed by atoms with van der Waals surface area (Å²) in [4.78, 5) is 41.1. The van der Waals surface area contributed by atoms with E-state index in [1.165, 1.54) is 32.0 Å². The van der Waals surface area contributed by atoms with Gasteiger partial charge < -0.3 is 19.7 Å². The average molecular weight is 487 g/mol. The van der Waals surface area contributed by atoms with Gasteiger partial charge in [-0.2, -0.15) is 11.8 Å². The summed E-state index contributed by atoms with van der Waals surface area (Å²) in [5.74, 6) is -3.15. The third-order valence-electron chi connectivity index (χ3n) is 6.64. The Morgan fingerprint density at radius 1 is 1.09 bits per heavy atom. The molecule has 2 aliphatic heterocycles. The molecule has 2 aliphatic rings. The predicted molar refractivity (Wildman–Crippen MR) is 126 cm³/mol. The first-order valence-corrected chi connectivity index (χ1v) is 12.1. The third kappa shape index (κ3) is 3.67. The highest BCUT2D eigenvalue weighted by Crippen LogP contribution is 2.52. The second-order valence-electron chi connectivity index (χ2n) is 8.28. The summed E-state index contributed by atoms with van der Waals surface area (Å²) in [6.07, 6.45) is 1.98. The van der Waals surface area contributed by atoms with Gasteiger partial charge in [-0.3, -0.25) is 19.7 Å². The van der Waals surface area contributed by atoms with Crippen molar-refractivity contribution in [2.45, 2.75) is 18.0 Å². The van der Waals surface area contributed by atoms with Crippen LogP contribution in [0.1, 0.15) is 18.0 Å². The number of nitrogens with one attached hydrogen (secondary N) is 1. The molecule has 9 nitrogen and oxygen atoms in total. The largest absolute Gasteiger partial charge is 0.507 e. The monoisotopic (exact) mass is 486 g/mol. The van der Waals surface area contributed by atoms with Crippen molar-refractivity contribution in [3.8, 4) is 17.2 Å². The van der Waals surface area contributed by atoms with Crippen molar-refractivity contribution in [1.29, 1.82) is 0 Å². The van der Waals surface area contributed by atoms with Crippen molar-refractivity contribution in [2.24, 2.45) is 11.8 Å². The highest BCUT2D eigenvalue weighted by molar-refractivity contribution is 7.98. The Morgan fingerprint density at radius 3 is 2.29 bits per heavy atom. The number of benzene rings is 2. The molecule has 2 amide bonds. The number of rotatable bonds is 8. The van der Waals surface area contributed by atoms with Gasteiger partial charge >= 0.3 is 5.97 Å². The summed E-state index contributed by atoms with van der Waals surface area (Å²) in [5.41, 5.74) is -0.994.